The normalized spacial score (nSPS) is 10.0. The highest BCUT2D eigenvalue weighted by Gasteiger charge is 1.98. The molecule has 0 bridgehead atoms. The molecule has 1 aromatic carbocycles. The smallest absolute Gasteiger partial charge is 0.219 e. The number of benzene rings is 1. The predicted octanol–water partition coefficient (Wildman–Crippen LogP) is 3.62. The number of hydrogen-bond acceptors (Lipinski definition) is 2. The Kier molecular flexibility index (Phi) is 3.15. The molecule has 2 rings (SSSR count). The van der Waals surface area contributed by atoms with Crippen LogP contribution in [-0.4, -0.2) is 4.98 Å². The van der Waals surface area contributed by atoms with Crippen molar-refractivity contribution in [3.05, 3.63) is 52.0 Å². The molecule has 0 saturated carbocycles. The molecule has 0 amide bonds. The monoisotopic (exact) mass is 315 g/mol. The van der Waals surface area contributed by atoms with Gasteiger partial charge in [0, 0.05) is 9.64 Å². The van der Waals surface area contributed by atoms with Crippen molar-refractivity contribution in [1.29, 1.82) is 0 Å². The van der Waals surface area contributed by atoms with E-state index in [1.807, 2.05) is 24.3 Å². The number of hydrogen-bond donors (Lipinski definition) is 0. The van der Waals surface area contributed by atoms with Gasteiger partial charge in [0.25, 0.3) is 0 Å². The van der Waals surface area contributed by atoms with Crippen LogP contribution in [0, 0.1) is 9.39 Å². The molecule has 0 radical (unpaired) electrons. The van der Waals surface area contributed by atoms with Gasteiger partial charge < -0.3 is 4.74 Å². The van der Waals surface area contributed by atoms with E-state index in [-0.39, 0.29) is 5.82 Å². The van der Waals surface area contributed by atoms with Crippen LogP contribution in [0.15, 0.2) is 42.6 Å². The molecule has 1 heterocycles. The minimum Gasteiger partial charge on any atom is -0.439 e. The van der Waals surface area contributed by atoms with Crippen molar-refractivity contribution in [1.82, 2.24) is 4.98 Å². The minimum absolute atomic E-state index is 0.370. The molecule has 0 aliphatic carbocycles. The zero-order valence-electron chi connectivity index (χ0n) is 7.65. The average Bonchev–Trinajstić information content (AvgIpc) is 2.25. The molecule has 0 N–H and O–H groups in total. The highest BCUT2D eigenvalue weighted by Crippen LogP contribution is 2.20. The summed E-state index contributed by atoms with van der Waals surface area (Å²) in [5.74, 6) is 0.706. The first-order chi connectivity index (χ1) is 7.24. The third kappa shape index (κ3) is 2.89. The fourth-order valence-electron chi connectivity index (χ4n) is 1.05. The molecule has 0 saturated heterocycles. The van der Waals surface area contributed by atoms with Gasteiger partial charge in [-0.2, -0.15) is 0 Å². The molecule has 76 valence electrons. The topological polar surface area (TPSA) is 22.1 Å². The zero-order valence-corrected chi connectivity index (χ0v) is 9.81. The lowest BCUT2D eigenvalue weighted by Gasteiger charge is -2.03. The molecule has 2 nitrogen and oxygen atoms in total. The summed E-state index contributed by atoms with van der Waals surface area (Å²) in [7, 11) is 0. The van der Waals surface area contributed by atoms with Crippen molar-refractivity contribution < 1.29 is 9.13 Å². The number of nitrogens with zero attached hydrogens (tertiary/aromatic N) is 1. The van der Waals surface area contributed by atoms with E-state index in [2.05, 4.69) is 27.6 Å². The van der Waals surface area contributed by atoms with Crippen LogP contribution in [-0.2, 0) is 0 Å². The summed E-state index contributed by atoms with van der Waals surface area (Å²) in [6.07, 6.45) is 1.13. The van der Waals surface area contributed by atoms with Crippen molar-refractivity contribution in [3.8, 4) is 11.6 Å². The van der Waals surface area contributed by atoms with E-state index in [1.54, 1.807) is 0 Å². The fourth-order valence-corrected chi connectivity index (χ4v) is 1.41. The van der Waals surface area contributed by atoms with Gasteiger partial charge in [-0.1, -0.05) is 0 Å². The van der Waals surface area contributed by atoms with Crippen LogP contribution in [0.4, 0.5) is 4.39 Å². The lowest BCUT2D eigenvalue weighted by Crippen LogP contribution is -1.87. The molecular weight excluding hydrogens is 308 g/mol. The van der Waals surface area contributed by atoms with Gasteiger partial charge in [0.15, 0.2) is 0 Å². The quantitative estimate of drug-likeness (QED) is 0.790. The van der Waals surface area contributed by atoms with Crippen LogP contribution in [0.1, 0.15) is 0 Å². The van der Waals surface area contributed by atoms with Crippen LogP contribution >= 0.6 is 22.6 Å². The lowest BCUT2D eigenvalue weighted by atomic mass is 10.3. The van der Waals surface area contributed by atoms with Crippen LogP contribution in [0.25, 0.3) is 0 Å². The maximum Gasteiger partial charge on any atom is 0.219 e. The average molecular weight is 315 g/mol. The largest absolute Gasteiger partial charge is 0.439 e. The standard InChI is InChI=1S/C11H7FINO/c12-8-1-6-11(14-7-8)15-10-4-2-9(13)3-5-10/h1-7H. The maximum atomic E-state index is 12.6. The Morgan fingerprint density at radius 1 is 1.07 bits per heavy atom. The molecule has 0 aliphatic heterocycles. The highest BCUT2D eigenvalue weighted by molar-refractivity contribution is 14.1. The molecule has 0 fully saturated rings. The van der Waals surface area contributed by atoms with E-state index in [0.717, 1.165) is 9.77 Å². The van der Waals surface area contributed by atoms with E-state index < -0.39 is 0 Å². The fraction of sp³-hybridized carbons (Fsp3) is 0. The Balaban J connectivity index is 2.15. The van der Waals surface area contributed by atoms with Crippen molar-refractivity contribution in [3.63, 3.8) is 0 Å². The molecule has 0 spiro atoms. The van der Waals surface area contributed by atoms with Gasteiger partial charge in [-0.25, -0.2) is 9.37 Å². The number of ether oxygens (including phenoxy) is 1. The van der Waals surface area contributed by atoms with E-state index >= 15 is 0 Å². The van der Waals surface area contributed by atoms with E-state index in [9.17, 15) is 4.39 Å². The first kappa shape index (κ1) is 10.4. The summed E-state index contributed by atoms with van der Waals surface area (Å²) in [6.45, 7) is 0. The minimum atomic E-state index is -0.370. The summed E-state index contributed by atoms with van der Waals surface area (Å²) >= 11 is 2.21. The first-order valence-electron chi connectivity index (χ1n) is 4.29. The van der Waals surface area contributed by atoms with Gasteiger partial charge in [-0.05, 0) is 52.9 Å². The summed E-state index contributed by atoms with van der Waals surface area (Å²) < 4.78 is 19.1. The molecule has 2 aromatic rings. The number of pyridine rings is 1. The molecular formula is C11H7FINO. The van der Waals surface area contributed by atoms with Gasteiger partial charge in [0.1, 0.15) is 11.6 Å². The second-order valence-electron chi connectivity index (χ2n) is 2.87. The van der Waals surface area contributed by atoms with Crippen molar-refractivity contribution in [2.45, 2.75) is 0 Å². The van der Waals surface area contributed by atoms with Crippen molar-refractivity contribution in [2.75, 3.05) is 0 Å². The zero-order chi connectivity index (χ0) is 10.7. The Morgan fingerprint density at radius 3 is 2.40 bits per heavy atom. The van der Waals surface area contributed by atoms with Gasteiger partial charge in [-0.15, -0.1) is 0 Å². The van der Waals surface area contributed by atoms with Crippen LogP contribution in [0.3, 0.4) is 0 Å². The van der Waals surface area contributed by atoms with Crippen molar-refractivity contribution >= 4 is 22.6 Å². The third-order valence-electron chi connectivity index (χ3n) is 1.74. The third-order valence-corrected chi connectivity index (χ3v) is 2.46. The van der Waals surface area contributed by atoms with Gasteiger partial charge in [0.2, 0.25) is 5.88 Å². The van der Waals surface area contributed by atoms with Crippen LogP contribution in [0.2, 0.25) is 0 Å². The first-order valence-corrected chi connectivity index (χ1v) is 5.37. The molecule has 0 atom stereocenters. The van der Waals surface area contributed by atoms with Crippen LogP contribution in [0.5, 0.6) is 11.6 Å². The van der Waals surface area contributed by atoms with Crippen molar-refractivity contribution in [2.24, 2.45) is 0 Å². The molecule has 15 heavy (non-hydrogen) atoms. The molecule has 0 aliphatic rings. The van der Waals surface area contributed by atoms with E-state index in [0.29, 0.717) is 11.6 Å². The van der Waals surface area contributed by atoms with Gasteiger partial charge >= 0.3 is 0 Å². The number of rotatable bonds is 2. The molecule has 1 aromatic heterocycles. The number of halogens is 2. The Morgan fingerprint density at radius 2 is 1.80 bits per heavy atom. The number of aromatic nitrogens is 1. The lowest BCUT2D eigenvalue weighted by molar-refractivity contribution is 0.459. The summed E-state index contributed by atoms with van der Waals surface area (Å²) in [6, 6.07) is 10.3. The summed E-state index contributed by atoms with van der Waals surface area (Å²) in [5.41, 5.74) is 0. The Hall–Kier alpha value is -1.17. The second-order valence-corrected chi connectivity index (χ2v) is 4.12. The second kappa shape index (κ2) is 4.57. The Bertz CT molecular complexity index is 398. The molecule has 0 unspecified atom stereocenters. The highest BCUT2D eigenvalue weighted by atomic mass is 127. The summed E-state index contributed by atoms with van der Waals surface area (Å²) in [4.78, 5) is 3.80. The van der Waals surface area contributed by atoms with Crippen LogP contribution < -0.4 is 4.74 Å². The maximum absolute atomic E-state index is 12.6. The van der Waals surface area contributed by atoms with Gasteiger partial charge in [-0.3, -0.25) is 0 Å². The molecule has 4 heteroatoms. The SMILES string of the molecule is Fc1ccc(Oc2ccc(I)cc2)nc1. The van der Waals surface area contributed by atoms with E-state index in [1.165, 1.54) is 12.1 Å². The van der Waals surface area contributed by atoms with E-state index in [4.69, 9.17) is 4.74 Å². The predicted molar refractivity (Wildman–Crippen MR) is 63.4 cm³/mol. The summed E-state index contributed by atoms with van der Waals surface area (Å²) in [5, 5.41) is 0. The Labute approximate surface area is 100 Å². The van der Waals surface area contributed by atoms with Gasteiger partial charge in [0.05, 0.1) is 6.20 Å².